The van der Waals surface area contributed by atoms with E-state index in [1.54, 1.807) is 27.7 Å². The highest BCUT2D eigenvalue weighted by Gasteiger charge is 2.30. The fourth-order valence-electron chi connectivity index (χ4n) is 6.80. The Morgan fingerprint density at radius 3 is 2.29 bits per heavy atom. The summed E-state index contributed by atoms with van der Waals surface area (Å²) >= 11 is 0. The molecule has 6 rings (SSSR count). The average molecular weight is 763 g/mol. The fourth-order valence-corrected chi connectivity index (χ4v) is 7.81. The molecule has 5 aromatic rings. The molecule has 0 saturated carbocycles. The zero-order valence-electron chi connectivity index (χ0n) is 31.4. The lowest BCUT2D eigenvalue weighted by molar-refractivity contribution is -0.121. The Hall–Kier alpha value is -5.82. The fraction of sp³-hybridized carbons (Fsp3) is 0.310. The van der Waals surface area contributed by atoms with Crippen LogP contribution in [0.2, 0.25) is 0 Å². The van der Waals surface area contributed by atoms with Crippen LogP contribution >= 0.6 is 0 Å². The molecule has 55 heavy (non-hydrogen) atoms. The van der Waals surface area contributed by atoms with Crippen molar-refractivity contribution in [1.82, 2.24) is 29.8 Å². The summed E-state index contributed by atoms with van der Waals surface area (Å²) < 4.78 is 30.8. The van der Waals surface area contributed by atoms with Crippen LogP contribution in [0.5, 0.6) is 0 Å². The van der Waals surface area contributed by atoms with Crippen molar-refractivity contribution in [2.45, 2.75) is 70.4 Å². The Morgan fingerprint density at radius 2 is 1.55 bits per heavy atom. The number of nitrogens with one attached hydrogen (secondary N) is 3. The summed E-state index contributed by atoms with van der Waals surface area (Å²) in [5.41, 5.74) is 3.17. The normalized spacial score (nSPS) is 12.6. The molecule has 4 aromatic carbocycles. The summed E-state index contributed by atoms with van der Waals surface area (Å²) in [5, 5.41) is 7.14. The van der Waals surface area contributed by atoms with E-state index in [1.165, 1.54) is 37.4 Å². The first-order chi connectivity index (χ1) is 26.5. The number of rotatable bonds is 14. The van der Waals surface area contributed by atoms with Crippen molar-refractivity contribution >= 4 is 44.4 Å². The minimum atomic E-state index is -4.30. The summed E-state index contributed by atoms with van der Waals surface area (Å²) in [6.45, 7) is 5.06. The monoisotopic (exact) mass is 762 g/mol. The van der Waals surface area contributed by atoms with Gasteiger partial charge in [-0.3, -0.25) is 19.2 Å². The molecule has 0 aliphatic carbocycles. The quantitative estimate of drug-likeness (QED) is 0.124. The van der Waals surface area contributed by atoms with E-state index in [1.807, 2.05) is 50.2 Å². The zero-order valence-corrected chi connectivity index (χ0v) is 32.2. The molecule has 2 heterocycles. The Balaban J connectivity index is 1.46. The number of carbonyl (C=O) groups excluding carboxylic acids is 4. The lowest BCUT2D eigenvalue weighted by Gasteiger charge is -2.29. The Bertz CT molecular complexity index is 2370. The molecule has 0 bridgehead atoms. The molecule has 4 amide bonds. The molecular weight excluding hydrogens is 717 g/mol. The van der Waals surface area contributed by atoms with Crippen molar-refractivity contribution in [3.05, 3.63) is 119 Å². The average Bonchev–Trinajstić information content (AvgIpc) is 3.56. The summed E-state index contributed by atoms with van der Waals surface area (Å²) in [6, 6.07) is 24.1. The summed E-state index contributed by atoms with van der Waals surface area (Å²) in [7, 11) is -2.78. The maximum atomic E-state index is 14.7. The third kappa shape index (κ3) is 8.62. The Labute approximate surface area is 321 Å². The predicted octanol–water partition coefficient (Wildman–Crippen LogP) is 5.64. The number of nitrogens with zero attached hydrogens (tertiary/aromatic N) is 3. The van der Waals surface area contributed by atoms with Gasteiger partial charge in [0.25, 0.3) is 27.7 Å². The van der Waals surface area contributed by atoms with Crippen LogP contribution in [0.15, 0.2) is 89.8 Å². The van der Waals surface area contributed by atoms with Crippen molar-refractivity contribution in [2.24, 2.45) is 0 Å². The van der Waals surface area contributed by atoms with Gasteiger partial charge in [0, 0.05) is 37.8 Å². The number of likely N-dealkylation sites (N-methyl/N-ethyl adjacent to an activating group) is 1. The van der Waals surface area contributed by atoms with E-state index >= 15 is 0 Å². The van der Waals surface area contributed by atoms with Crippen LogP contribution in [0.4, 0.5) is 0 Å². The largest absolute Gasteiger partial charge is 0.358 e. The maximum absolute atomic E-state index is 14.7. The molecule has 0 atom stereocenters. The second kappa shape index (κ2) is 17.1. The highest BCUT2D eigenvalue weighted by atomic mass is 32.2. The van der Waals surface area contributed by atoms with Crippen LogP contribution in [-0.4, -0.2) is 66.6 Å². The van der Waals surface area contributed by atoms with E-state index in [-0.39, 0.29) is 45.9 Å². The van der Waals surface area contributed by atoms with E-state index in [0.29, 0.717) is 49.1 Å². The Kier molecular flexibility index (Phi) is 12.1. The first kappa shape index (κ1) is 38.9. The van der Waals surface area contributed by atoms with Gasteiger partial charge in [-0.05, 0) is 77.9 Å². The number of aromatic nitrogens is 2. The van der Waals surface area contributed by atoms with Gasteiger partial charge in [0.1, 0.15) is 18.1 Å². The third-order valence-corrected chi connectivity index (χ3v) is 11.2. The maximum Gasteiger partial charge on any atom is 0.271 e. The molecule has 0 radical (unpaired) electrons. The van der Waals surface area contributed by atoms with Gasteiger partial charge in [-0.1, -0.05) is 81.3 Å². The number of hydrogen-bond acceptors (Lipinski definition) is 7. The van der Waals surface area contributed by atoms with Crippen molar-refractivity contribution < 1.29 is 27.6 Å². The number of unbranched alkanes of at least 4 members (excludes halogenated alkanes) is 2. The van der Waals surface area contributed by atoms with E-state index in [2.05, 4.69) is 15.4 Å². The standard InChI is InChI=1S/C42H46N6O6S/c1-4-6-16-36-38(41(51)44-22-7-5-2)45-39(48(36)27-37(49)43-3)34-20-18-31(25-35(34)42(52)47-23-21-29-13-9-11-15-32(29)26-47)40(50)46-55(53,54)33-19-17-28-12-8-10-14-30(28)24-33/h8-15,17-20,24-25H,4-7,16,21-23,26-27H2,1-3H3,(H,43,49)(H,44,51)(H,46,50). The number of hydrogen-bond donors (Lipinski definition) is 3. The molecule has 12 nitrogen and oxygen atoms in total. The van der Waals surface area contributed by atoms with Gasteiger partial charge < -0.3 is 20.1 Å². The van der Waals surface area contributed by atoms with Gasteiger partial charge in [-0.2, -0.15) is 0 Å². The molecule has 0 spiro atoms. The number of amides is 4. The number of carbonyl (C=O) groups is 4. The molecule has 1 aliphatic heterocycles. The van der Waals surface area contributed by atoms with Crippen LogP contribution < -0.4 is 15.4 Å². The highest BCUT2D eigenvalue weighted by Crippen LogP contribution is 2.31. The first-order valence-corrected chi connectivity index (χ1v) is 20.2. The van der Waals surface area contributed by atoms with Crippen LogP contribution in [0.1, 0.15) is 87.6 Å². The van der Waals surface area contributed by atoms with Gasteiger partial charge in [-0.25, -0.2) is 18.1 Å². The first-order valence-electron chi connectivity index (χ1n) is 18.7. The predicted molar refractivity (Wildman–Crippen MR) is 211 cm³/mol. The van der Waals surface area contributed by atoms with Crippen LogP contribution in [0.25, 0.3) is 22.2 Å². The topological polar surface area (TPSA) is 160 Å². The smallest absolute Gasteiger partial charge is 0.271 e. The zero-order chi connectivity index (χ0) is 39.1. The van der Waals surface area contributed by atoms with Gasteiger partial charge >= 0.3 is 0 Å². The number of benzene rings is 4. The minimum absolute atomic E-state index is 0.0676. The molecular formula is C42H46N6O6S. The van der Waals surface area contributed by atoms with Crippen LogP contribution in [0, 0.1) is 0 Å². The lowest BCUT2D eigenvalue weighted by Crippen LogP contribution is -2.36. The van der Waals surface area contributed by atoms with E-state index in [4.69, 9.17) is 4.98 Å². The van der Waals surface area contributed by atoms with Gasteiger partial charge in [0.05, 0.1) is 16.2 Å². The molecule has 3 N–H and O–H groups in total. The van der Waals surface area contributed by atoms with Crippen LogP contribution in [0.3, 0.4) is 0 Å². The van der Waals surface area contributed by atoms with E-state index in [0.717, 1.165) is 42.2 Å². The van der Waals surface area contributed by atoms with E-state index in [9.17, 15) is 27.6 Å². The molecule has 1 aromatic heterocycles. The summed E-state index contributed by atoms with van der Waals surface area (Å²) in [5.74, 6) is -1.83. The van der Waals surface area contributed by atoms with Crippen molar-refractivity contribution in [3.8, 4) is 11.4 Å². The summed E-state index contributed by atoms with van der Waals surface area (Å²) in [4.78, 5) is 61.4. The lowest BCUT2D eigenvalue weighted by atomic mass is 9.97. The SMILES string of the molecule is CCCCNC(=O)c1nc(-c2ccc(C(=O)NS(=O)(=O)c3ccc4ccccc4c3)cc2C(=O)N2CCc3ccccc3C2)n(CC(=O)NC)c1CCCC. The van der Waals surface area contributed by atoms with Crippen molar-refractivity contribution in [2.75, 3.05) is 20.1 Å². The molecule has 0 unspecified atom stereocenters. The Morgan fingerprint density at radius 1 is 0.818 bits per heavy atom. The number of imidazole rings is 1. The second-order valence-corrected chi connectivity index (χ2v) is 15.3. The summed E-state index contributed by atoms with van der Waals surface area (Å²) in [6.07, 6.45) is 4.28. The second-order valence-electron chi connectivity index (χ2n) is 13.7. The van der Waals surface area contributed by atoms with Crippen molar-refractivity contribution in [1.29, 1.82) is 0 Å². The molecule has 1 aliphatic rings. The molecule has 0 saturated heterocycles. The number of sulfonamides is 1. The third-order valence-electron chi connectivity index (χ3n) is 9.88. The van der Waals surface area contributed by atoms with E-state index < -0.39 is 21.8 Å². The molecule has 13 heteroatoms. The van der Waals surface area contributed by atoms with Gasteiger partial charge in [0.15, 0.2) is 0 Å². The highest BCUT2D eigenvalue weighted by molar-refractivity contribution is 7.90. The molecule has 0 fully saturated rings. The van der Waals surface area contributed by atoms with Gasteiger partial charge in [-0.15, -0.1) is 0 Å². The van der Waals surface area contributed by atoms with Gasteiger partial charge in [0.2, 0.25) is 5.91 Å². The van der Waals surface area contributed by atoms with Crippen molar-refractivity contribution in [3.63, 3.8) is 0 Å². The molecule has 286 valence electrons. The van der Waals surface area contributed by atoms with Crippen LogP contribution in [-0.2, 0) is 40.7 Å². The minimum Gasteiger partial charge on any atom is -0.358 e. The number of fused-ring (bicyclic) bond motifs is 2.